The van der Waals surface area contributed by atoms with Crippen molar-refractivity contribution in [2.75, 3.05) is 13.2 Å². The molecule has 0 spiro atoms. The fourth-order valence-electron chi connectivity index (χ4n) is 4.19. The lowest BCUT2D eigenvalue weighted by Gasteiger charge is -2.26. The minimum absolute atomic E-state index is 0.103. The van der Waals surface area contributed by atoms with Crippen LogP contribution in [0.5, 0.6) is 0 Å². The van der Waals surface area contributed by atoms with Gasteiger partial charge in [0.25, 0.3) is 0 Å². The molecule has 2 fully saturated rings. The van der Waals surface area contributed by atoms with Crippen LogP contribution >= 0.6 is 11.6 Å². The lowest BCUT2D eigenvalue weighted by atomic mass is 10.1. The van der Waals surface area contributed by atoms with Gasteiger partial charge >= 0.3 is 6.09 Å². The number of halogens is 1. The lowest BCUT2D eigenvalue weighted by Crippen LogP contribution is -2.40. The van der Waals surface area contributed by atoms with E-state index in [2.05, 4.69) is 28.9 Å². The second-order valence-electron chi connectivity index (χ2n) is 8.52. The van der Waals surface area contributed by atoms with E-state index in [9.17, 15) is 4.79 Å². The molecule has 1 heterocycles. The molecule has 1 unspecified atom stereocenters. The topological polar surface area (TPSA) is 68.5 Å². The average molecular weight is 450 g/mol. The summed E-state index contributed by atoms with van der Waals surface area (Å²) < 4.78 is 11.1. The van der Waals surface area contributed by atoms with Crippen LogP contribution in [-0.2, 0) is 10.2 Å². The Labute approximate surface area is 191 Å². The molecule has 7 heteroatoms. The first-order valence-corrected chi connectivity index (χ1v) is 11.2. The zero-order chi connectivity index (χ0) is 22.1. The van der Waals surface area contributed by atoms with E-state index in [0.29, 0.717) is 29.2 Å². The molecule has 1 aromatic heterocycles. The molecule has 5 rings (SSSR count). The second kappa shape index (κ2) is 8.43. The molecule has 32 heavy (non-hydrogen) atoms. The van der Waals surface area contributed by atoms with Crippen molar-refractivity contribution in [2.45, 2.75) is 36.6 Å². The van der Waals surface area contributed by atoms with Crippen LogP contribution in [0.3, 0.4) is 0 Å². The maximum atomic E-state index is 12.9. The Hall–Kier alpha value is -3.12. The number of nitrogens with zero attached hydrogens (tertiary/aromatic N) is 3. The summed E-state index contributed by atoms with van der Waals surface area (Å²) in [7, 11) is 0. The molecule has 1 amide bonds. The highest BCUT2D eigenvalue weighted by Crippen LogP contribution is 2.52. The molecule has 6 nitrogen and oxygen atoms in total. The molecule has 2 saturated carbocycles. The van der Waals surface area contributed by atoms with E-state index in [4.69, 9.17) is 20.9 Å². The van der Waals surface area contributed by atoms with Crippen molar-refractivity contribution in [2.24, 2.45) is 0 Å². The van der Waals surface area contributed by atoms with E-state index >= 15 is 0 Å². The second-order valence-corrected chi connectivity index (χ2v) is 8.96. The SMILES string of the molecule is C=CCOC(=O)N(CC1(c2nc(-c3ccc(Cl)cc3)no2)CC1)[C@H]1CC1c1ccccc1. The van der Waals surface area contributed by atoms with Gasteiger partial charge in [-0.15, -0.1) is 0 Å². The summed E-state index contributed by atoms with van der Waals surface area (Å²) in [6.07, 6.45) is 3.97. The van der Waals surface area contributed by atoms with Crippen molar-refractivity contribution in [3.05, 3.63) is 83.7 Å². The number of hydrogen-bond acceptors (Lipinski definition) is 5. The van der Waals surface area contributed by atoms with E-state index in [-0.39, 0.29) is 24.2 Å². The molecule has 2 atom stereocenters. The normalized spacial score (nSPS) is 20.4. The third-order valence-electron chi connectivity index (χ3n) is 6.25. The molecule has 0 aliphatic heterocycles. The fourth-order valence-corrected chi connectivity index (χ4v) is 4.31. The molecule has 164 valence electrons. The van der Waals surface area contributed by atoms with Gasteiger partial charge in [-0.25, -0.2) is 4.79 Å². The number of ether oxygens (including phenoxy) is 1. The van der Waals surface area contributed by atoms with E-state index in [1.807, 2.05) is 35.2 Å². The number of hydrogen-bond donors (Lipinski definition) is 0. The van der Waals surface area contributed by atoms with Gasteiger partial charge in [-0.3, -0.25) is 0 Å². The molecule has 0 radical (unpaired) electrons. The van der Waals surface area contributed by atoms with E-state index in [1.54, 1.807) is 18.2 Å². The Morgan fingerprint density at radius 1 is 1.22 bits per heavy atom. The van der Waals surface area contributed by atoms with Crippen LogP contribution in [-0.4, -0.2) is 40.3 Å². The lowest BCUT2D eigenvalue weighted by molar-refractivity contribution is 0.102. The van der Waals surface area contributed by atoms with Gasteiger partial charge in [0.05, 0.1) is 5.41 Å². The monoisotopic (exact) mass is 449 g/mol. The first-order valence-electron chi connectivity index (χ1n) is 10.8. The highest BCUT2D eigenvalue weighted by molar-refractivity contribution is 6.30. The quantitative estimate of drug-likeness (QED) is 0.418. The summed E-state index contributed by atoms with van der Waals surface area (Å²) in [5, 5.41) is 4.82. The smallest absolute Gasteiger partial charge is 0.410 e. The van der Waals surface area contributed by atoms with Crippen LogP contribution in [0.25, 0.3) is 11.4 Å². The Morgan fingerprint density at radius 3 is 2.66 bits per heavy atom. The molecule has 0 N–H and O–H groups in total. The molecular weight excluding hydrogens is 426 g/mol. The van der Waals surface area contributed by atoms with Crippen molar-refractivity contribution in [1.82, 2.24) is 15.0 Å². The third-order valence-corrected chi connectivity index (χ3v) is 6.50. The predicted molar refractivity (Wildman–Crippen MR) is 121 cm³/mol. The zero-order valence-electron chi connectivity index (χ0n) is 17.6. The zero-order valence-corrected chi connectivity index (χ0v) is 18.4. The van der Waals surface area contributed by atoms with Crippen LogP contribution in [0.15, 0.2) is 71.8 Å². The Kier molecular flexibility index (Phi) is 5.47. The number of benzene rings is 2. The van der Waals surface area contributed by atoms with E-state index in [0.717, 1.165) is 24.8 Å². The van der Waals surface area contributed by atoms with Crippen LogP contribution in [0.4, 0.5) is 4.79 Å². The minimum Gasteiger partial charge on any atom is -0.445 e. The Balaban J connectivity index is 1.36. The van der Waals surface area contributed by atoms with Gasteiger partial charge in [0.2, 0.25) is 11.7 Å². The molecule has 2 aliphatic rings. The average Bonchev–Trinajstić information content (AvgIpc) is 3.73. The number of rotatable bonds is 8. The molecule has 2 aromatic carbocycles. The van der Waals surface area contributed by atoms with Crippen molar-refractivity contribution in [1.29, 1.82) is 0 Å². The minimum atomic E-state index is -0.325. The van der Waals surface area contributed by atoms with Crippen LogP contribution in [0, 0.1) is 0 Å². The molecule has 0 bridgehead atoms. The molecule has 2 aliphatic carbocycles. The predicted octanol–water partition coefficient (Wildman–Crippen LogP) is 5.60. The number of aromatic nitrogens is 2. The molecular formula is C25H24ClN3O3. The largest absolute Gasteiger partial charge is 0.445 e. The maximum absolute atomic E-state index is 12.9. The summed E-state index contributed by atoms with van der Waals surface area (Å²) in [5.74, 6) is 1.41. The van der Waals surface area contributed by atoms with Crippen LogP contribution in [0.2, 0.25) is 5.02 Å². The van der Waals surface area contributed by atoms with Crippen LogP contribution < -0.4 is 0 Å². The first kappa shape index (κ1) is 20.8. The van der Waals surface area contributed by atoms with Crippen molar-refractivity contribution in [3.8, 4) is 11.4 Å². The fraction of sp³-hybridized carbons (Fsp3) is 0.320. The van der Waals surface area contributed by atoms with Gasteiger partial charge in [0.15, 0.2) is 0 Å². The van der Waals surface area contributed by atoms with Gasteiger partial charge < -0.3 is 14.2 Å². The maximum Gasteiger partial charge on any atom is 0.410 e. The number of carbonyl (C=O) groups excluding carboxylic acids is 1. The summed E-state index contributed by atoms with van der Waals surface area (Å²) in [6.45, 7) is 4.34. The van der Waals surface area contributed by atoms with E-state index < -0.39 is 0 Å². The highest BCUT2D eigenvalue weighted by Gasteiger charge is 2.55. The van der Waals surface area contributed by atoms with Gasteiger partial charge in [-0.1, -0.05) is 59.7 Å². The first-order chi connectivity index (χ1) is 15.6. The van der Waals surface area contributed by atoms with Crippen molar-refractivity contribution in [3.63, 3.8) is 0 Å². The number of carbonyl (C=O) groups is 1. The highest BCUT2D eigenvalue weighted by atomic mass is 35.5. The van der Waals surface area contributed by atoms with Crippen molar-refractivity contribution >= 4 is 17.7 Å². The van der Waals surface area contributed by atoms with Crippen molar-refractivity contribution < 1.29 is 14.1 Å². The number of amides is 1. The molecule has 0 saturated heterocycles. The van der Waals surface area contributed by atoms with Gasteiger partial charge in [-0.05, 0) is 49.1 Å². The van der Waals surface area contributed by atoms with Gasteiger partial charge in [0.1, 0.15) is 6.61 Å². The standard InChI is InChI=1S/C25H24ClN3O3/c1-2-14-31-24(30)29(21-15-20(21)17-6-4-3-5-7-17)16-25(12-13-25)23-27-22(28-32-23)18-8-10-19(26)11-9-18/h2-11,20-21H,1,12-16H2/t20?,21-/m0/s1. The third kappa shape index (κ3) is 4.15. The molecule has 3 aromatic rings. The van der Waals surface area contributed by atoms with Gasteiger partial charge in [0, 0.05) is 29.1 Å². The summed E-state index contributed by atoms with van der Waals surface area (Å²) in [4.78, 5) is 19.4. The Morgan fingerprint density at radius 2 is 1.97 bits per heavy atom. The summed E-state index contributed by atoms with van der Waals surface area (Å²) >= 11 is 5.98. The van der Waals surface area contributed by atoms with E-state index in [1.165, 1.54) is 5.56 Å². The van der Waals surface area contributed by atoms with Gasteiger partial charge in [-0.2, -0.15) is 4.98 Å². The summed E-state index contributed by atoms with van der Waals surface area (Å²) in [5.41, 5.74) is 1.76. The summed E-state index contributed by atoms with van der Waals surface area (Å²) in [6, 6.07) is 17.7. The van der Waals surface area contributed by atoms with Crippen LogP contribution in [0.1, 0.15) is 36.6 Å². The Bertz CT molecular complexity index is 1110.